The number of aryl methyl sites for hydroxylation is 2. The summed E-state index contributed by atoms with van der Waals surface area (Å²) < 4.78 is 0. The van der Waals surface area contributed by atoms with Crippen LogP contribution < -0.4 is 16.6 Å². The second kappa shape index (κ2) is 5.67. The number of hydrazine groups is 1. The van der Waals surface area contributed by atoms with Crippen LogP contribution in [-0.4, -0.2) is 9.97 Å². The maximum Gasteiger partial charge on any atom is 0.145 e. The molecular formula is C14H19N5. The summed E-state index contributed by atoms with van der Waals surface area (Å²) in [6.07, 6.45) is 0.761. The highest BCUT2D eigenvalue weighted by molar-refractivity contribution is 5.63. The summed E-state index contributed by atoms with van der Waals surface area (Å²) in [4.78, 5) is 8.71. The quantitative estimate of drug-likeness (QED) is 0.580. The normalized spacial score (nSPS) is 10.3. The third kappa shape index (κ3) is 3.00. The molecular weight excluding hydrogens is 238 g/mol. The summed E-state index contributed by atoms with van der Waals surface area (Å²) in [6.45, 7) is 6.18. The van der Waals surface area contributed by atoms with Crippen LogP contribution in [0.3, 0.4) is 0 Å². The minimum Gasteiger partial charge on any atom is -0.340 e. The Balaban J connectivity index is 2.34. The number of nitrogens with one attached hydrogen (secondary N) is 2. The van der Waals surface area contributed by atoms with Gasteiger partial charge in [-0.3, -0.25) is 0 Å². The molecule has 0 saturated carbocycles. The van der Waals surface area contributed by atoms with E-state index in [0.29, 0.717) is 5.82 Å². The molecule has 0 radical (unpaired) electrons. The van der Waals surface area contributed by atoms with Gasteiger partial charge in [-0.1, -0.05) is 19.1 Å². The third-order valence-electron chi connectivity index (χ3n) is 3.10. The van der Waals surface area contributed by atoms with Crippen molar-refractivity contribution in [1.29, 1.82) is 0 Å². The zero-order chi connectivity index (χ0) is 13.8. The first kappa shape index (κ1) is 13.3. The highest BCUT2D eigenvalue weighted by Gasteiger charge is 2.05. The average molecular weight is 257 g/mol. The minimum atomic E-state index is 0.611. The Morgan fingerprint density at radius 1 is 1.16 bits per heavy atom. The van der Waals surface area contributed by atoms with Crippen molar-refractivity contribution in [2.24, 2.45) is 5.84 Å². The topological polar surface area (TPSA) is 75.9 Å². The molecule has 1 aromatic heterocycles. The first-order valence-electron chi connectivity index (χ1n) is 6.32. The third-order valence-corrected chi connectivity index (χ3v) is 3.10. The number of hydrogen-bond acceptors (Lipinski definition) is 5. The number of rotatable bonds is 4. The lowest BCUT2D eigenvalue weighted by Crippen LogP contribution is -2.11. The molecule has 0 bridgehead atoms. The maximum atomic E-state index is 5.42. The van der Waals surface area contributed by atoms with E-state index in [4.69, 9.17) is 5.84 Å². The Labute approximate surface area is 113 Å². The van der Waals surface area contributed by atoms with Crippen LogP contribution in [0.5, 0.6) is 0 Å². The second-order valence-corrected chi connectivity index (χ2v) is 4.43. The fourth-order valence-corrected chi connectivity index (χ4v) is 1.82. The Bertz CT molecular complexity index is 558. The van der Waals surface area contributed by atoms with Gasteiger partial charge >= 0.3 is 0 Å². The Kier molecular flexibility index (Phi) is 3.97. The summed E-state index contributed by atoms with van der Waals surface area (Å²) >= 11 is 0. The molecule has 0 saturated heterocycles. The molecule has 0 atom stereocenters. The zero-order valence-corrected chi connectivity index (χ0v) is 11.5. The van der Waals surface area contributed by atoms with Gasteiger partial charge in [-0.05, 0) is 31.0 Å². The van der Waals surface area contributed by atoms with E-state index in [0.717, 1.165) is 23.8 Å². The number of nitrogens with two attached hydrogens (primary N) is 1. The van der Waals surface area contributed by atoms with Crippen molar-refractivity contribution in [2.45, 2.75) is 27.2 Å². The van der Waals surface area contributed by atoms with Gasteiger partial charge in [0.15, 0.2) is 0 Å². The molecule has 4 N–H and O–H groups in total. The fraction of sp³-hybridized carbons (Fsp3) is 0.286. The molecule has 0 spiro atoms. The summed E-state index contributed by atoms with van der Waals surface area (Å²) in [7, 11) is 0. The molecule has 0 fully saturated rings. The Morgan fingerprint density at radius 2 is 1.89 bits per heavy atom. The van der Waals surface area contributed by atoms with Gasteiger partial charge in [-0.2, -0.15) is 0 Å². The van der Waals surface area contributed by atoms with Crippen molar-refractivity contribution in [2.75, 3.05) is 10.7 Å². The van der Waals surface area contributed by atoms with Gasteiger partial charge in [0.05, 0.1) is 0 Å². The maximum absolute atomic E-state index is 5.42. The molecule has 5 heteroatoms. The van der Waals surface area contributed by atoms with Gasteiger partial charge in [0.1, 0.15) is 17.5 Å². The summed E-state index contributed by atoms with van der Waals surface area (Å²) in [5.74, 6) is 7.53. The van der Waals surface area contributed by atoms with Crippen LogP contribution >= 0.6 is 0 Å². The predicted molar refractivity (Wildman–Crippen MR) is 78.4 cm³/mol. The summed E-state index contributed by atoms with van der Waals surface area (Å²) in [5.41, 5.74) is 6.06. The highest BCUT2D eigenvalue weighted by Crippen LogP contribution is 2.22. The van der Waals surface area contributed by atoms with Crippen LogP contribution in [0, 0.1) is 13.8 Å². The van der Waals surface area contributed by atoms with Crippen molar-refractivity contribution in [1.82, 2.24) is 9.97 Å². The zero-order valence-electron chi connectivity index (χ0n) is 11.5. The van der Waals surface area contributed by atoms with Crippen LogP contribution in [-0.2, 0) is 6.42 Å². The molecule has 5 nitrogen and oxygen atoms in total. The number of hydrogen-bond donors (Lipinski definition) is 3. The number of nitrogens with zero attached hydrogens (tertiary/aromatic N) is 2. The van der Waals surface area contributed by atoms with Crippen LogP contribution in [0.1, 0.15) is 23.9 Å². The van der Waals surface area contributed by atoms with Crippen molar-refractivity contribution < 1.29 is 0 Å². The summed E-state index contributed by atoms with van der Waals surface area (Å²) in [5, 5.41) is 3.32. The van der Waals surface area contributed by atoms with Crippen LogP contribution in [0.25, 0.3) is 0 Å². The molecule has 0 aliphatic rings. The SMILES string of the molecule is CCc1nc(NN)cc(Nc2cccc(C)c2C)n1. The van der Waals surface area contributed by atoms with Crippen LogP contribution in [0.15, 0.2) is 24.3 Å². The van der Waals surface area contributed by atoms with E-state index in [1.54, 1.807) is 6.07 Å². The van der Waals surface area contributed by atoms with Gasteiger partial charge < -0.3 is 10.7 Å². The molecule has 0 amide bonds. The van der Waals surface area contributed by atoms with Crippen molar-refractivity contribution in [3.63, 3.8) is 0 Å². The fourth-order valence-electron chi connectivity index (χ4n) is 1.82. The Hall–Kier alpha value is -2.14. The highest BCUT2D eigenvalue weighted by atomic mass is 15.3. The smallest absolute Gasteiger partial charge is 0.145 e. The van der Waals surface area contributed by atoms with E-state index in [2.05, 4.69) is 40.6 Å². The average Bonchev–Trinajstić information content (AvgIpc) is 2.43. The van der Waals surface area contributed by atoms with E-state index in [1.165, 1.54) is 11.1 Å². The van der Waals surface area contributed by atoms with Gasteiger partial charge in [0.2, 0.25) is 0 Å². The number of benzene rings is 1. The van der Waals surface area contributed by atoms with Gasteiger partial charge in [-0.15, -0.1) is 0 Å². The molecule has 1 aromatic carbocycles. The van der Waals surface area contributed by atoms with E-state index in [1.807, 2.05) is 19.1 Å². The number of anilines is 3. The molecule has 2 aromatic rings. The monoisotopic (exact) mass is 257 g/mol. The molecule has 0 aliphatic carbocycles. The molecule has 1 heterocycles. The van der Waals surface area contributed by atoms with Crippen molar-refractivity contribution >= 4 is 17.3 Å². The lowest BCUT2D eigenvalue weighted by Gasteiger charge is -2.12. The van der Waals surface area contributed by atoms with Crippen molar-refractivity contribution in [3.05, 3.63) is 41.2 Å². The van der Waals surface area contributed by atoms with E-state index in [-0.39, 0.29) is 0 Å². The molecule has 2 rings (SSSR count). The molecule has 19 heavy (non-hydrogen) atoms. The van der Waals surface area contributed by atoms with Crippen molar-refractivity contribution in [3.8, 4) is 0 Å². The molecule has 0 unspecified atom stereocenters. The van der Waals surface area contributed by atoms with Gasteiger partial charge in [-0.25, -0.2) is 15.8 Å². The molecule has 0 aliphatic heterocycles. The van der Waals surface area contributed by atoms with Crippen LogP contribution in [0.2, 0.25) is 0 Å². The van der Waals surface area contributed by atoms with E-state index in [9.17, 15) is 0 Å². The van der Waals surface area contributed by atoms with E-state index >= 15 is 0 Å². The Morgan fingerprint density at radius 3 is 2.58 bits per heavy atom. The van der Waals surface area contributed by atoms with E-state index < -0.39 is 0 Å². The first-order chi connectivity index (χ1) is 9.13. The standard InChI is InChI=1S/C14H19N5/c1-4-12-17-13(8-14(18-12)19-15)16-11-7-5-6-9(2)10(11)3/h5-8H,4,15H2,1-3H3,(H2,16,17,18,19). The first-order valence-corrected chi connectivity index (χ1v) is 6.32. The lowest BCUT2D eigenvalue weighted by molar-refractivity contribution is 0.941. The minimum absolute atomic E-state index is 0.611. The lowest BCUT2D eigenvalue weighted by atomic mass is 10.1. The number of nitrogen functional groups attached to an aromatic ring is 1. The van der Waals surface area contributed by atoms with Crippen LogP contribution in [0.4, 0.5) is 17.3 Å². The molecule has 100 valence electrons. The van der Waals surface area contributed by atoms with Gasteiger partial charge in [0.25, 0.3) is 0 Å². The predicted octanol–water partition coefficient (Wildman–Crippen LogP) is 2.69. The largest absolute Gasteiger partial charge is 0.340 e. The van der Waals surface area contributed by atoms with Gasteiger partial charge in [0, 0.05) is 18.2 Å². The number of aromatic nitrogens is 2. The second-order valence-electron chi connectivity index (χ2n) is 4.43. The summed E-state index contributed by atoms with van der Waals surface area (Å²) in [6, 6.07) is 7.94.